The van der Waals surface area contributed by atoms with Crippen LogP contribution in [-0.2, 0) is 0 Å². The van der Waals surface area contributed by atoms with E-state index in [0.717, 1.165) is 18.6 Å². The number of methoxy groups -OCH3 is 1. The van der Waals surface area contributed by atoms with Crippen molar-refractivity contribution in [1.29, 1.82) is 0 Å². The van der Waals surface area contributed by atoms with E-state index in [1.54, 1.807) is 31.5 Å². The number of hydrogen-bond donors (Lipinski definition) is 0. The van der Waals surface area contributed by atoms with Gasteiger partial charge in [0.15, 0.2) is 5.78 Å². The van der Waals surface area contributed by atoms with Crippen molar-refractivity contribution in [1.82, 2.24) is 9.97 Å². The average Bonchev–Trinajstić information content (AvgIpc) is 2.80. The summed E-state index contributed by atoms with van der Waals surface area (Å²) in [5, 5.41) is 0. The van der Waals surface area contributed by atoms with Gasteiger partial charge in [0.1, 0.15) is 17.3 Å². The van der Waals surface area contributed by atoms with Gasteiger partial charge in [0.05, 0.1) is 7.11 Å². The van der Waals surface area contributed by atoms with Crippen LogP contribution in [0.1, 0.15) is 23.2 Å². The van der Waals surface area contributed by atoms with Crippen LogP contribution in [0.4, 0.5) is 10.3 Å². The molecular weight excluding hydrogens is 385 g/mol. The third kappa shape index (κ3) is 4.56. The first-order valence-electron chi connectivity index (χ1n) is 9.82. The zero-order valence-corrected chi connectivity index (χ0v) is 16.6. The molecule has 0 amide bonds. The van der Waals surface area contributed by atoms with Gasteiger partial charge in [0.25, 0.3) is 0 Å². The minimum atomic E-state index is -0.321. The molecule has 0 spiro atoms. The van der Waals surface area contributed by atoms with Gasteiger partial charge in [-0.05, 0) is 61.4 Å². The van der Waals surface area contributed by atoms with Gasteiger partial charge in [0, 0.05) is 36.8 Å². The maximum atomic E-state index is 13.0. The van der Waals surface area contributed by atoms with E-state index in [0.29, 0.717) is 36.2 Å². The number of hydrogen-bond acceptors (Lipinski definition) is 6. The highest BCUT2D eigenvalue weighted by Gasteiger charge is 2.27. The van der Waals surface area contributed by atoms with Crippen molar-refractivity contribution in [2.75, 3.05) is 25.1 Å². The Kier molecular flexibility index (Phi) is 5.88. The van der Waals surface area contributed by atoms with Gasteiger partial charge in [-0.1, -0.05) is 0 Å². The van der Waals surface area contributed by atoms with E-state index in [4.69, 9.17) is 9.47 Å². The first-order chi connectivity index (χ1) is 14.6. The van der Waals surface area contributed by atoms with Crippen LogP contribution in [0.2, 0.25) is 0 Å². The van der Waals surface area contributed by atoms with Gasteiger partial charge in [-0.2, -0.15) is 4.98 Å². The average molecular weight is 407 g/mol. The molecule has 1 fully saturated rings. The van der Waals surface area contributed by atoms with Crippen LogP contribution in [0.5, 0.6) is 17.4 Å². The molecule has 7 heteroatoms. The fourth-order valence-corrected chi connectivity index (χ4v) is 3.50. The van der Waals surface area contributed by atoms with Crippen LogP contribution >= 0.6 is 0 Å². The number of carbonyl (C=O) groups is 1. The molecule has 0 bridgehead atoms. The molecule has 154 valence electrons. The second-order valence-electron chi connectivity index (χ2n) is 7.10. The molecule has 4 rings (SSSR count). The third-order valence-corrected chi connectivity index (χ3v) is 5.18. The Bertz CT molecular complexity index is 1000. The quantitative estimate of drug-likeness (QED) is 0.560. The normalized spacial score (nSPS) is 14.4. The molecule has 0 saturated carbocycles. The maximum absolute atomic E-state index is 13.0. The molecule has 1 saturated heterocycles. The molecule has 6 nitrogen and oxygen atoms in total. The van der Waals surface area contributed by atoms with Crippen LogP contribution < -0.4 is 14.4 Å². The first kappa shape index (κ1) is 19.8. The molecule has 2 aromatic carbocycles. The number of ether oxygens (including phenoxy) is 2. The predicted octanol–water partition coefficient (Wildman–Crippen LogP) is 4.52. The number of anilines is 1. The van der Waals surface area contributed by atoms with E-state index in [2.05, 4.69) is 14.9 Å². The molecule has 30 heavy (non-hydrogen) atoms. The van der Waals surface area contributed by atoms with Crippen LogP contribution in [0.3, 0.4) is 0 Å². The fourth-order valence-electron chi connectivity index (χ4n) is 3.50. The highest BCUT2D eigenvalue weighted by Crippen LogP contribution is 2.26. The van der Waals surface area contributed by atoms with Crippen molar-refractivity contribution in [2.24, 2.45) is 5.92 Å². The molecule has 0 unspecified atom stereocenters. The van der Waals surface area contributed by atoms with E-state index in [1.807, 2.05) is 24.3 Å². The molecule has 2 heterocycles. The number of halogens is 1. The standard InChI is InChI=1S/C23H22FN3O3/c1-29-19-6-2-16(3-7-19)22(28)17-11-14-27(15-12-17)23-25-13-10-21(26-23)30-20-8-4-18(24)5-9-20/h2-10,13,17H,11-12,14-15H2,1H3. The van der Waals surface area contributed by atoms with Gasteiger partial charge in [-0.15, -0.1) is 0 Å². The molecule has 0 N–H and O–H groups in total. The van der Waals surface area contributed by atoms with E-state index >= 15 is 0 Å². The van der Waals surface area contributed by atoms with Crippen molar-refractivity contribution in [3.05, 3.63) is 72.2 Å². The summed E-state index contributed by atoms with van der Waals surface area (Å²) in [4.78, 5) is 23.6. The Balaban J connectivity index is 1.37. The second kappa shape index (κ2) is 8.90. The van der Waals surface area contributed by atoms with E-state index in [1.165, 1.54) is 12.1 Å². The summed E-state index contributed by atoms with van der Waals surface area (Å²) in [6, 6.07) is 14.7. The lowest BCUT2D eigenvalue weighted by molar-refractivity contribution is 0.0900. The predicted molar refractivity (Wildman–Crippen MR) is 111 cm³/mol. The molecule has 1 aliphatic heterocycles. The summed E-state index contributed by atoms with van der Waals surface area (Å²) < 4.78 is 23.9. The molecule has 3 aromatic rings. The molecule has 1 aromatic heterocycles. The zero-order valence-electron chi connectivity index (χ0n) is 16.6. The minimum Gasteiger partial charge on any atom is -0.497 e. The summed E-state index contributed by atoms with van der Waals surface area (Å²) in [5.41, 5.74) is 0.709. The summed E-state index contributed by atoms with van der Waals surface area (Å²) in [6.07, 6.45) is 3.10. The Morgan fingerprint density at radius 3 is 2.33 bits per heavy atom. The maximum Gasteiger partial charge on any atom is 0.228 e. The van der Waals surface area contributed by atoms with Crippen LogP contribution in [0, 0.1) is 11.7 Å². The second-order valence-corrected chi connectivity index (χ2v) is 7.10. The van der Waals surface area contributed by atoms with Crippen LogP contribution in [0.15, 0.2) is 60.8 Å². The summed E-state index contributed by atoms with van der Waals surface area (Å²) in [5.74, 6) is 2.01. The Hall–Kier alpha value is -3.48. The number of ketones is 1. The topological polar surface area (TPSA) is 64.5 Å². The zero-order chi connectivity index (χ0) is 20.9. The van der Waals surface area contributed by atoms with E-state index in [9.17, 15) is 9.18 Å². The largest absolute Gasteiger partial charge is 0.497 e. The molecule has 0 radical (unpaired) electrons. The van der Waals surface area contributed by atoms with Gasteiger partial charge in [-0.3, -0.25) is 4.79 Å². The van der Waals surface area contributed by atoms with Crippen molar-refractivity contribution in [2.45, 2.75) is 12.8 Å². The SMILES string of the molecule is COc1ccc(C(=O)C2CCN(c3nccc(Oc4ccc(F)cc4)n3)CC2)cc1. The molecular formula is C23H22FN3O3. The highest BCUT2D eigenvalue weighted by molar-refractivity contribution is 5.98. The van der Waals surface area contributed by atoms with Gasteiger partial charge < -0.3 is 14.4 Å². The van der Waals surface area contributed by atoms with Crippen LogP contribution in [-0.4, -0.2) is 36.0 Å². The number of piperidine rings is 1. The Morgan fingerprint density at radius 2 is 1.67 bits per heavy atom. The van der Waals surface area contributed by atoms with Crippen molar-refractivity contribution in [3.8, 4) is 17.4 Å². The lowest BCUT2D eigenvalue weighted by atomic mass is 9.89. The number of Topliss-reactive ketones (excluding diaryl/α,β-unsaturated/α-hetero) is 1. The van der Waals surface area contributed by atoms with Crippen molar-refractivity contribution < 1.29 is 18.7 Å². The minimum absolute atomic E-state index is 0.0201. The van der Waals surface area contributed by atoms with Crippen molar-refractivity contribution in [3.63, 3.8) is 0 Å². The number of carbonyl (C=O) groups excluding carboxylic acids is 1. The van der Waals surface area contributed by atoms with E-state index in [-0.39, 0.29) is 17.5 Å². The number of rotatable bonds is 6. The Labute approximate surface area is 174 Å². The first-order valence-corrected chi connectivity index (χ1v) is 9.82. The highest BCUT2D eigenvalue weighted by atomic mass is 19.1. The smallest absolute Gasteiger partial charge is 0.228 e. The fraction of sp³-hybridized carbons (Fsp3) is 0.261. The number of benzene rings is 2. The number of nitrogens with zero attached hydrogens (tertiary/aromatic N) is 3. The molecule has 1 aliphatic rings. The van der Waals surface area contributed by atoms with E-state index < -0.39 is 0 Å². The monoisotopic (exact) mass is 407 g/mol. The van der Waals surface area contributed by atoms with Gasteiger partial charge >= 0.3 is 0 Å². The molecule has 0 aliphatic carbocycles. The number of aromatic nitrogens is 2. The third-order valence-electron chi connectivity index (χ3n) is 5.18. The van der Waals surface area contributed by atoms with Gasteiger partial charge in [0.2, 0.25) is 11.8 Å². The van der Waals surface area contributed by atoms with Crippen molar-refractivity contribution >= 4 is 11.7 Å². The summed E-state index contributed by atoms with van der Waals surface area (Å²) >= 11 is 0. The molecule has 0 atom stereocenters. The van der Waals surface area contributed by atoms with Gasteiger partial charge in [-0.25, -0.2) is 9.37 Å². The Morgan fingerprint density at radius 1 is 1.00 bits per heavy atom. The lowest BCUT2D eigenvalue weighted by Gasteiger charge is -2.31. The lowest BCUT2D eigenvalue weighted by Crippen LogP contribution is -2.37. The van der Waals surface area contributed by atoms with Crippen LogP contribution in [0.25, 0.3) is 0 Å². The summed E-state index contributed by atoms with van der Waals surface area (Å²) in [7, 11) is 1.61. The summed E-state index contributed by atoms with van der Waals surface area (Å²) in [6.45, 7) is 1.37.